The van der Waals surface area contributed by atoms with E-state index in [4.69, 9.17) is 21.9 Å². The summed E-state index contributed by atoms with van der Waals surface area (Å²) in [4.78, 5) is 6.46. The van der Waals surface area contributed by atoms with Crippen LogP contribution in [0.4, 0.5) is 0 Å². The zero-order valence-corrected chi connectivity index (χ0v) is 11.4. The van der Waals surface area contributed by atoms with Gasteiger partial charge in [0.15, 0.2) is 0 Å². The van der Waals surface area contributed by atoms with Crippen molar-refractivity contribution >= 4 is 11.6 Å². The number of nitrogens with zero attached hydrogens (tertiary/aromatic N) is 3. The zero-order chi connectivity index (χ0) is 13.4. The van der Waals surface area contributed by atoms with Gasteiger partial charge in [0.1, 0.15) is 0 Å². The van der Waals surface area contributed by atoms with Gasteiger partial charge in [0.25, 0.3) is 0 Å². The predicted octanol–water partition coefficient (Wildman–Crippen LogP) is 1.88. The number of likely N-dealkylation sites (N-methyl/N-ethyl adjacent to an activating group) is 1. The van der Waals surface area contributed by atoms with Crippen LogP contribution in [0, 0.1) is 0 Å². The lowest BCUT2D eigenvalue weighted by Gasteiger charge is -2.37. The smallest absolute Gasteiger partial charge is 0.240 e. The van der Waals surface area contributed by atoms with E-state index in [9.17, 15) is 0 Å². The standard InChI is InChI=1S/C13H15ClN4O/c1-18-6-9(7-18)10-3-2-8(4-11(10)14)13-16-12(5-15)19-17-13/h2-4,9H,5-7,15H2,1H3. The molecule has 0 radical (unpaired) electrons. The van der Waals surface area contributed by atoms with Gasteiger partial charge in [-0.1, -0.05) is 28.9 Å². The summed E-state index contributed by atoms with van der Waals surface area (Å²) in [6.45, 7) is 2.35. The molecule has 0 atom stereocenters. The summed E-state index contributed by atoms with van der Waals surface area (Å²) in [7, 11) is 2.10. The predicted molar refractivity (Wildman–Crippen MR) is 72.9 cm³/mol. The van der Waals surface area contributed by atoms with Crippen LogP contribution in [0.25, 0.3) is 11.4 Å². The summed E-state index contributed by atoms with van der Waals surface area (Å²) < 4.78 is 5.00. The Bertz CT molecular complexity index is 592. The highest BCUT2D eigenvalue weighted by Crippen LogP contribution is 2.33. The Morgan fingerprint density at radius 3 is 2.84 bits per heavy atom. The van der Waals surface area contributed by atoms with Crippen LogP contribution in [0.1, 0.15) is 17.4 Å². The maximum absolute atomic E-state index is 6.35. The summed E-state index contributed by atoms with van der Waals surface area (Å²) in [5, 5.41) is 4.65. The number of benzene rings is 1. The molecule has 19 heavy (non-hydrogen) atoms. The number of halogens is 1. The summed E-state index contributed by atoms with van der Waals surface area (Å²) >= 11 is 6.35. The summed E-state index contributed by atoms with van der Waals surface area (Å²) in [6.07, 6.45) is 0. The molecule has 0 spiro atoms. The molecule has 100 valence electrons. The van der Waals surface area contributed by atoms with Gasteiger partial charge in [-0.3, -0.25) is 0 Å². The molecule has 1 saturated heterocycles. The van der Waals surface area contributed by atoms with Crippen molar-refractivity contribution in [3.8, 4) is 11.4 Å². The first kappa shape index (κ1) is 12.6. The lowest BCUT2D eigenvalue weighted by atomic mass is 9.91. The zero-order valence-electron chi connectivity index (χ0n) is 10.6. The van der Waals surface area contributed by atoms with Crippen molar-refractivity contribution in [2.45, 2.75) is 12.5 Å². The van der Waals surface area contributed by atoms with E-state index in [-0.39, 0.29) is 6.54 Å². The van der Waals surface area contributed by atoms with E-state index >= 15 is 0 Å². The quantitative estimate of drug-likeness (QED) is 0.928. The van der Waals surface area contributed by atoms with Crippen LogP contribution in [0.5, 0.6) is 0 Å². The van der Waals surface area contributed by atoms with E-state index in [1.165, 1.54) is 5.56 Å². The van der Waals surface area contributed by atoms with E-state index in [2.05, 4.69) is 22.1 Å². The number of nitrogens with two attached hydrogens (primary N) is 1. The van der Waals surface area contributed by atoms with Crippen LogP contribution in [0.15, 0.2) is 22.7 Å². The van der Waals surface area contributed by atoms with Crippen molar-refractivity contribution < 1.29 is 4.52 Å². The fourth-order valence-corrected chi connectivity index (χ4v) is 2.68. The molecule has 5 nitrogen and oxygen atoms in total. The highest BCUT2D eigenvalue weighted by Gasteiger charge is 2.26. The van der Waals surface area contributed by atoms with Crippen LogP contribution in [-0.4, -0.2) is 35.2 Å². The minimum absolute atomic E-state index is 0.243. The Kier molecular flexibility index (Phi) is 3.26. The number of hydrogen-bond donors (Lipinski definition) is 1. The van der Waals surface area contributed by atoms with Gasteiger partial charge < -0.3 is 15.2 Å². The largest absolute Gasteiger partial charge is 0.338 e. The normalized spacial score (nSPS) is 16.6. The van der Waals surface area contributed by atoms with Crippen molar-refractivity contribution in [3.63, 3.8) is 0 Å². The molecule has 1 fully saturated rings. The molecule has 0 saturated carbocycles. The van der Waals surface area contributed by atoms with E-state index < -0.39 is 0 Å². The number of aromatic nitrogens is 2. The first-order valence-corrected chi connectivity index (χ1v) is 6.56. The van der Waals surface area contributed by atoms with Crippen LogP contribution < -0.4 is 5.73 Å². The molecule has 1 aromatic carbocycles. The van der Waals surface area contributed by atoms with Gasteiger partial charge in [-0.25, -0.2) is 0 Å². The van der Waals surface area contributed by atoms with Crippen LogP contribution in [0.2, 0.25) is 5.02 Å². The van der Waals surface area contributed by atoms with Crippen LogP contribution in [-0.2, 0) is 6.54 Å². The average molecular weight is 279 g/mol. The minimum atomic E-state index is 0.243. The SMILES string of the molecule is CN1CC(c2ccc(-c3noc(CN)n3)cc2Cl)C1. The first-order valence-electron chi connectivity index (χ1n) is 6.18. The monoisotopic (exact) mass is 278 g/mol. The van der Waals surface area contributed by atoms with Crippen LogP contribution >= 0.6 is 11.6 Å². The Labute approximate surface area is 116 Å². The van der Waals surface area contributed by atoms with Gasteiger partial charge in [-0.05, 0) is 18.7 Å². The fraction of sp³-hybridized carbons (Fsp3) is 0.385. The van der Waals surface area contributed by atoms with Gasteiger partial charge in [0.05, 0.1) is 6.54 Å². The van der Waals surface area contributed by atoms with Gasteiger partial charge in [0, 0.05) is 29.6 Å². The molecule has 2 N–H and O–H groups in total. The molecule has 0 unspecified atom stereocenters. The lowest BCUT2D eigenvalue weighted by Crippen LogP contribution is -2.41. The first-order chi connectivity index (χ1) is 9.17. The van der Waals surface area contributed by atoms with Crippen molar-refractivity contribution in [1.82, 2.24) is 15.0 Å². The molecule has 2 aromatic rings. The molecule has 1 aliphatic rings. The second kappa shape index (κ2) is 4.92. The Morgan fingerprint density at radius 1 is 1.47 bits per heavy atom. The molecule has 2 heterocycles. The molecular weight excluding hydrogens is 264 g/mol. The van der Waals surface area contributed by atoms with Crippen molar-refractivity contribution in [3.05, 3.63) is 34.7 Å². The maximum Gasteiger partial charge on any atom is 0.240 e. The highest BCUT2D eigenvalue weighted by atomic mass is 35.5. The minimum Gasteiger partial charge on any atom is -0.338 e. The topological polar surface area (TPSA) is 68.2 Å². The van der Waals surface area contributed by atoms with Gasteiger partial charge in [0.2, 0.25) is 11.7 Å². The second-order valence-electron chi connectivity index (χ2n) is 4.87. The van der Waals surface area contributed by atoms with E-state index in [0.717, 1.165) is 23.7 Å². The van der Waals surface area contributed by atoms with Crippen molar-refractivity contribution in [2.24, 2.45) is 5.73 Å². The third-order valence-electron chi connectivity index (χ3n) is 3.41. The van der Waals surface area contributed by atoms with Crippen molar-refractivity contribution in [1.29, 1.82) is 0 Å². The maximum atomic E-state index is 6.35. The third-order valence-corrected chi connectivity index (χ3v) is 3.73. The number of rotatable bonds is 3. The van der Waals surface area contributed by atoms with E-state index in [1.807, 2.05) is 18.2 Å². The molecule has 1 aliphatic heterocycles. The average Bonchev–Trinajstić information content (AvgIpc) is 2.84. The molecule has 0 amide bonds. The molecule has 0 aliphatic carbocycles. The van der Waals surface area contributed by atoms with Crippen molar-refractivity contribution in [2.75, 3.05) is 20.1 Å². The molecule has 1 aromatic heterocycles. The molecule has 0 bridgehead atoms. The molecule has 3 rings (SSSR count). The number of hydrogen-bond acceptors (Lipinski definition) is 5. The fourth-order valence-electron chi connectivity index (χ4n) is 2.35. The molecule has 6 heteroatoms. The highest BCUT2D eigenvalue weighted by molar-refractivity contribution is 6.31. The number of likely N-dealkylation sites (tertiary alicyclic amines) is 1. The lowest BCUT2D eigenvalue weighted by molar-refractivity contribution is 0.190. The van der Waals surface area contributed by atoms with Gasteiger partial charge in [-0.15, -0.1) is 0 Å². The summed E-state index contributed by atoms with van der Waals surface area (Å²) in [6, 6.07) is 5.92. The Hall–Kier alpha value is -1.43. The Balaban J connectivity index is 1.86. The van der Waals surface area contributed by atoms with E-state index in [1.54, 1.807) is 0 Å². The summed E-state index contributed by atoms with van der Waals surface area (Å²) in [5.74, 6) is 1.48. The van der Waals surface area contributed by atoms with Gasteiger partial charge in [-0.2, -0.15) is 4.98 Å². The van der Waals surface area contributed by atoms with Crippen LogP contribution in [0.3, 0.4) is 0 Å². The second-order valence-corrected chi connectivity index (χ2v) is 5.28. The van der Waals surface area contributed by atoms with Gasteiger partial charge >= 0.3 is 0 Å². The summed E-state index contributed by atoms with van der Waals surface area (Å²) in [5.41, 5.74) is 7.48. The molecular formula is C13H15ClN4O. The van der Waals surface area contributed by atoms with E-state index in [0.29, 0.717) is 17.6 Å². The Morgan fingerprint density at radius 2 is 2.26 bits per heavy atom. The third kappa shape index (κ3) is 2.36.